The first-order chi connectivity index (χ1) is 9.17. The lowest BCUT2D eigenvalue weighted by atomic mass is 9.95. The van der Waals surface area contributed by atoms with Crippen LogP contribution in [0.3, 0.4) is 0 Å². The van der Waals surface area contributed by atoms with Crippen molar-refractivity contribution in [2.45, 2.75) is 5.92 Å². The number of carbonyl (C=O) groups excluding carboxylic acids is 1. The van der Waals surface area contributed by atoms with E-state index >= 15 is 0 Å². The molecule has 3 nitrogen and oxygen atoms in total. The number of methoxy groups -OCH3 is 1. The lowest BCUT2D eigenvalue weighted by Crippen LogP contribution is -2.10. The van der Waals surface area contributed by atoms with Gasteiger partial charge in [0.15, 0.2) is 5.78 Å². The van der Waals surface area contributed by atoms with Gasteiger partial charge in [-0.25, -0.2) is 0 Å². The van der Waals surface area contributed by atoms with Crippen LogP contribution in [0, 0.1) is 11.3 Å². The van der Waals surface area contributed by atoms with Gasteiger partial charge in [0, 0.05) is 0 Å². The Morgan fingerprint density at radius 2 is 2.26 bits per heavy atom. The predicted molar refractivity (Wildman–Crippen MR) is 75.0 cm³/mol. The molecule has 0 fully saturated rings. The van der Waals surface area contributed by atoms with Crippen molar-refractivity contribution in [2.75, 3.05) is 7.11 Å². The SMILES string of the molecule is COc1cccc(C(C#N)C(=O)c2sccc2Cl)c1. The normalized spacial score (nSPS) is 11.6. The molecule has 0 amide bonds. The molecule has 2 rings (SSSR count). The molecule has 0 saturated heterocycles. The predicted octanol–water partition coefficient (Wildman–Crippen LogP) is 3.90. The van der Waals surface area contributed by atoms with E-state index in [4.69, 9.17) is 16.3 Å². The zero-order chi connectivity index (χ0) is 13.8. The number of nitriles is 1. The molecule has 0 bridgehead atoms. The number of hydrogen-bond donors (Lipinski definition) is 0. The van der Waals surface area contributed by atoms with E-state index in [1.54, 1.807) is 42.8 Å². The highest BCUT2D eigenvalue weighted by molar-refractivity contribution is 7.12. The molecular weight excluding hydrogens is 282 g/mol. The quantitative estimate of drug-likeness (QED) is 0.803. The number of thiophene rings is 1. The molecule has 1 aromatic heterocycles. The molecule has 0 aliphatic carbocycles. The molecule has 1 atom stereocenters. The second-order valence-corrected chi connectivity index (χ2v) is 5.12. The number of hydrogen-bond acceptors (Lipinski definition) is 4. The molecule has 2 aromatic rings. The first-order valence-corrected chi connectivity index (χ1v) is 6.74. The van der Waals surface area contributed by atoms with E-state index in [0.29, 0.717) is 21.2 Å². The minimum atomic E-state index is -0.869. The highest BCUT2D eigenvalue weighted by atomic mass is 35.5. The Balaban J connectivity index is 2.38. The molecule has 0 radical (unpaired) electrons. The number of Topliss-reactive ketones (excluding diaryl/α,β-unsaturated/α-hetero) is 1. The van der Waals surface area contributed by atoms with E-state index in [1.165, 1.54) is 11.3 Å². The third-order valence-corrected chi connectivity index (χ3v) is 4.02. The summed E-state index contributed by atoms with van der Waals surface area (Å²) in [7, 11) is 1.54. The highest BCUT2D eigenvalue weighted by Gasteiger charge is 2.25. The summed E-state index contributed by atoms with van der Waals surface area (Å²) in [5.41, 5.74) is 0.608. The van der Waals surface area contributed by atoms with E-state index in [-0.39, 0.29) is 5.78 Å². The average Bonchev–Trinajstić information content (AvgIpc) is 2.86. The maximum absolute atomic E-state index is 12.3. The molecule has 0 N–H and O–H groups in total. The van der Waals surface area contributed by atoms with Gasteiger partial charge in [-0.1, -0.05) is 23.7 Å². The minimum absolute atomic E-state index is 0.282. The highest BCUT2D eigenvalue weighted by Crippen LogP contribution is 2.30. The van der Waals surface area contributed by atoms with Crippen LogP contribution in [-0.2, 0) is 0 Å². The van der Waals surface area contributed by atoms with Gasteiger partial charge in [-0.05, 0) is 29.1 Å². The number of halogens is 1. The molecule has 0 aliphatic rings. The van der Waals surface area contributed by atoms with E-state index in [1.807, 2.05) is 6.07 Å². The van der Waals surface area contributed by atoms with Gasteiger partial charge in [-0.3, -0.25) is 4.79 Å². The fourth-order valence-electron chi connectivity index (χ4n) is 1.71. The van der Waals surface area contributed by atoms with E-state index < -0.39 is 5.92 Å². The van der Waals surface area contributed by atoms with Crippen molar-refractivity contribution in [1.82, 2.24) is 0 Å². The van der Waals surface area contributed by atoms with E-state index in [9.17, 15) is 10.1 Å². The second-order valence-electron chi connectivity index (χ2n) is 3.80. The summed E-state index contributed by atoms with van der Waals surface area (Å²) in [6, 6.07) is 10.6. The Morgan fingerprint density at radius 3 is 2.84 bits per heavy atom. The zero-order valence-electron chi connectivity index (χ0n) is 10.1. The lowest BCUT2D eigenvalue weighted by Gasteiger charge is -2.09. The van der Waals surface area contributed by atoms with Crippen molar-refractivity contribution in [3.8, 4) is 11.8 Å². The van der Waals surface area contributed by atoms with Gasteiger partial charge in [0.05, 0.1) is 23.1 Å². The molecule has 0 aliphatic heterocycles. The average molecular weight is 292 g/mol. The van der Waals surface area contributed by atoms with Gasteiger partial charge < -0.3 is 4.74 Å². The van der Waals surface area contributed by atoms with Gasteiger partial charge in [-0.2, -0.15) is 5.26 Å². The Hall–Kier alpha value is -1.83. The Morgan fingerprint density at radius 1 is 1.47 bits per heavy atom. The van der Waals surface area contributed by atoms with Crippen LogP contribution < -0.4 is 4.74 Å². The van der Waals surface area contributed by atoms with Crippen molar-refractivity contribution in [3.05, 3.63) is 51.2 Å². The summed E-state index contributed by atoms with van der Waals surface area (Å²) >= 11 is 7.18. The fraction of sp³-hybridized carbons (Fsp3) is 0.143. The van der Waals surface area contributed by atoms with Crippen molar-refractivity contribution in [1.29, 1.82) is 5.26 Å². The van der Waals surface area contributed by atoms with Crippen molar-refractivity contribution in [3.63, 3.8) is 0 Å². The van der Waals surface area contributed by atoms with Gasteiger partial charge in [0.25, 0.3) is 0 Å². The first kappa shape index (κ1) is 13.6. The minimum Gasteiger partial charge on any atom is -0.497 e. The van der Waals surface area contributed by atoms with Crippen LogP contribution in [0.4, 0.5) is 0 Å². The summed E-state index contributed by atoms with van der Waals surface area (Å²) in [5, 5.41) is 11.4. The second kappa shape index (κ2) is 5.87. The summed E-state index contributed by atoms with van der Waals surface area (Å²) in [4.78, 5) is 12.7. The van der Waals surface area contributed by atoms with E-state index in [0.717, 1.165) is 0 Å². The van der Waals surface area contributed by atoms with Crippen LogP contribution in [0.1, 0.15) is 21.2 Å². The molecule has 1 heterocycles. The van der Waals surface area contributed by atoms with Crippen molar-refractivity contribution < 1.29 is 9.53 Å². The molecule has 19 heavy (non-hydrogen) atoms. The van der Waals surface area contributed by atoms with Gasteiger partial charge in [0.2, 0.25) is 0 Å². The molecule has 5 heteroatoms. The van der Waals surface area contributed by atoms with Crippen LogP contribution in [-0.4, -0.2) is 12.9 Å². The standard InChI is InChI=1S/C14H10ClNO2S/c1-18-10-4-2-3-9(7-10)11(8-16)13(17)14-12(15)5-6-19-14/h2-7,11H,1H3. The molecule has 0 saturated carbocycles. The van der Waals surface area contributed by atoms with E-state index in [2.05, 4.69) is 0 Å². The van der Waals surface area contributed by atoms with Crippen LogP contribution in [0.5, 0.6) is 5.75 Å². The summed E-state index contributed by atoms with van der Waals surface area (Å²) in [6.07, 6.45) is 0. The third kappa shape index (κ3) is 2.78. The molecular formula is C14H10ClNO2S. The molecule has 96 valence electrons. The molecule has 1 aromatic carbocycles. The van der Waals surface area contributed by atoms with Crippen LogP contribution in [0.2, 0.25) is 5.02 Å². The van der Waals surface area contributed by atoms with Crippen LogP contribution >= 0.6 is 22.9 Å². The number of benzene rings is 1. The van der Waals surface area contributed by atoms with Crippen LogP contribution in [0.25, 0.3) is 0 Å². The zero-order valence-corrected chi connectivity index (χ0v) is 11.7. The molecule has 0 spiro atoms. The number of ketones is 1. The lowest BCUT2D eigenvalue weighted by molar-refractivity contribution is 0.0983. The number of nitrogens with zero attached hydrogens (tertiary/aromatic N) is 1. The molecule has 1 unspecified atom stereocenters. The summed E-state index contributed by atoms with van der Waals surface area (Å²) in [5.74, 6) is -0.537. The third-order valence-electron chi connectivity index (χ3n) is 2.66. The van der Waals surface area contributed by atoms with Gasteiger partial charge in [0.1, 0.15) is 11.7 Å². The number of carbonyl (C=O) groups is 1. The van der Waals surface area contributed by atoms with Gasteiger partial charge in [-0.15, -0.1) is 11.3 Å². The topological polar surface area (TPSA) is 50.1 Å². The monoisotopic (exact) mass is 291 g/mol. The summed E-state index contributed by atoms with van der Waals surface area (Å²) in [6.45, 7) is 0. The summed E-state index contributed by atoms with van der Waals surface area (Å²) < 4.78 is 5.10. The van der Waals surface area contributed by atoms with Gasteiger partial charge >= 0.3 is 0 Å². The maximum Gasteiger partial charge on any atom is 0.195 e. The Labute approximate surface area is 120 Å². The largest absolute Gasteiger partial charge is 0.497 e. The smallest absolute Gasteiger partial charge is 0.195 e. The maximum atomic E-state index is 12.3. The van der Waals surface area contributed by atoms with Crippen molar-refractivity contribution in [2.24, 2.45) is 0 Å². The van der Waals surface area contributed by atoms with Crippen LogP contribution in [0.15, 0.2) is 35.7 Å². The van der Waals surface area contributed by atoms with Crippen molar-refractivity contribution >= 4 is 28.7 Å². The number of rotatable bonds is 4. The first-order valence-electron chi connectivity index (χ1n) is 5.48. The Kier molecular flexibility index (Phi) is 4.20. The fourth-order valence-corrected chi connectivity index (χ4v) is 2.83. The number of ether oxygens (including phenoxy) is 1. The Bertz CT molecular complexity index is 645.